The smallest absolute Gasteiger partial charge is 0.171 e. The van der Waals surface area contributed by atoms with Crippen molar-refractivity contribution in [3.8, 4) is 5.75 Å². The summed E-state index contributed by atoms with van der Waals surface area (Å²) in [4.78, 5) is 24.1. The number of Topliss-reactive ketones (excluding diaryl/α,β-unsaturated/α-hetero) is 2. The van der Waals surface area contributed by atoms with Gasteiger partial charge in [0.2, 0.25) is 0 Å². The van der Waals surface area contributed by atoms with Gasteiger partial charge in [0.15, 0.2) is 5.78 Å². The summed E-state index contributed by atoms with van der Waals surface area (Å²) in [6.45, 7) is 0. The number of hydrogen-bond donors (Lipinski definition) is 0. The molecular formula is C15H13ClO3S. The first kappa shape index (κ1) is 13.6. The molecule has 1 heterocycles. The number of benzene rings is 1. The number of fused-ring (bicyclic) bond motifs is 1. The maximum atomic E-state index is 12.3. The minimum atomic E-state index is -0.131. The zero-order chi connectivity index (χ0) is 14.3. The highest BCUT2D eigenvalue weighted by atomic mass is 35.5. The predicted molar refractivity (Wildman–Crippen MR) is 80.1 cm³/mol. The number of hydrogen-bond acceptors (Lipinski definition) is 4. The largest absolute Gasteiger partial charge is 0.495 e. The van der Waals surface area contributed by atoms with Crippen LogP contribution in [0, 0.1) is 5.92 Å². The lowest BCUT2D eigenvalue weighted by Crippen LogP contribution is -2.09. The predicted octanol–water partition coefficient (Wildman–Crippen LogP) is 4.12. The van der Waals surface area contributed by atoms with Crippen LogP contribution in [0.15, 0.2) is 17.5 Å². The SMILES string of the molecule is COc1csc2c(C(=O)CC(=O)C3CC3)ccc(Cl)c12. The minimum Gasteiger partial charge on any atom is -0.495 e. The third-order valence-corrected chi connectivity index (χ3v) is 4.83. The minimum absolute atomic E-state index is 0.0123. The molecule has 0 radical (unpaired) electrons. The molecule has 5 heteroatoms. The first-order chi connectivity index (χ1) is 9.61. The van der Waals surface area contributed by atoms with E-state index in [0.717, 1.165) is 22.9 Å². The van der Waals surface area contributed by atoms with Crippen LogP contribution < -0.4 is 4.74 Å². The molecule has 3 rings (SSSR count). The second kappa shape index (κ2) is 5.19. The van der Waals surface area contributed by atoms with Crippen molar-refractivity contribution in [2.45, 2.75) is 19.3 Å². The molecule has 0 N–H and O–H groups in total. The van der Waals surface area contributed by atoms with Crippen molar-refractivity contribution in [3.63, 3.8) is 0 Å². The number of thiophene rings is 1. The van der Waals surface area contributed by atoms with Crippen LogP contribution in [0.1, 0.15) is 29.6 Å². The van der Waals surface area contributed by atoms with Crippen molar-refractivity contribution in [1.29, 1.82) is 0 Å². The Kier molecular flexibility index (Phi) is 3.52. The molecule has 0 saturated heterocycles. The number of carbonyl (C=O) groups excluding carboxylic acids is 2. The van der Waals surface area contributed by atoms with E-state index in [1.54, 1.807) is 19.2 Å². The molecule has 0 amide bonds. The summed E-state index contributed by atoms with van der Waals surface area (Å²) >= 11 is 7.59. The van der Waals surface area contributed by atoms with Gasteiger partial charge in [-0.1, -0.05) is 11.6 Å². The third kappa shape index (κ3) is 2.34. The number of ether oxygens (including phenoxy) is 1. The van der Waals surface area contributed by atoms with Gasteiger partial charge in [-0.3, -0.25) is 9.59 Å². The highest BCUT2D eigenvalue weighted by Gasteiger charge is 2.31. The van der Waals surface area contributed by atoms with E-state index in [0.29, 0.717) is 16.3 Å². The summed E-state index contributed by atoms with van der Waals surface area (Å²) in [6, 6.07) is 3.39. The van der Waals surface area contributed by atoms with Gasteiger partial charge in [0.25, 0.3) is 0 Å². The first-order valence-electron chi connectivity index (χ1n) is 6.41. The van der Waals surface area contributed by atoms with Gasteiger partial charge in [0, 0.05) is 16.9 Å². The van der Waals surface area contributed by atoms with E-state index >= 15 is 0 Å². The van der Waals surface area contributed by atoms with E-state index in [2.05, 4.69) is 0 Å². The molecule has 1 aliphatic carbocycles. The molecule has 0 aliphatic heterocycles. The lowest BCUT2D eigenvalue weighted by molar-refractivity contribution is -0.119. The summed E-state index contributed by atoms with van der Waals surface area (Å²) in [7, 11) is 1.57. The number of carbonyl (C=O) groups is 2. The lowest BCUT2D eigenvalue weighted by Gasteiger charge is -2.04. The zero-order valence-electron chi connectivity index (χ0n) is 10.9. The molecule has 1 fully saturated rings. The molecule has 2 aromatic rings. The summed E-state index contributed by atoms with van der Waals surface area (Å²) in [5, 5.41) is 3.14. The lowest BCUT2D eigenvalue weighted by atomic mass is 10.0. The van der Waals surface area contributed by atoms with E-state index in [9.17, 15) is 9.59 Å². The van der Waals surface area contributed by atoms with Crippen molar-refractivity contribution < 1.29 is 14.3 Å². The van der Waals surface area contributed by atoms with Crippen molar-refractivity contribution in [3.05, 3.63) is 28.1 Å². The van der Waals surface area contributed by atoms with Gasteiger partial charge in [-0.05, 0) is 25.0 Å². The van der Waals surface area contributed by atoms with E-state index in [-0.39, 0.29) is 23.9 Å². The van der Waals surface area contributed by atoms with Crippen LogP contribution in [0.4, 0.5) is 0 Å². The van der Waals surface area contributed by atoms with E-state index in [1.165, 1.54) is 11.3 Å². The summed E-state index contributed by atoms with van der Waals surface area (Å²) < 4.78 is 6.05. The normalized spacial score (nSPS) is 14.5. The van der Waals surface area contributed by atoms with Crippen LogP contribution in [-0.4, -0.2) is 18.7 Å². The molecule has 1 aromatic heterocycles. The molecule has 0 atom stereocenters. The summed E-state index contributed by atoms with van der Waals surface area (Å²) in [5.41, 5.74) is 0.562. The Balaban J connectivity index is 1.98. The third-order valence-electron chi connectivity index (χ3n) is 3.52. The van der Waals surface area contributed by atoms with Crippen molar-refractivity contribution in [1.82, 2.24) is 0 Å². The molecule has 1 saturated carbocycles. The van der Waals surface area contributed by atoms with Gasteiger partial charge in [-0.15, -0.1) is 11.3 Å². The van der Waals surface area contributed by atoms with Crippen molar-refractivity contribution in [2.75, 3.05) is 7.11 Å². The second-order valence-corrected chi connectivity index (χ2v) is 6.23. The highest BCUT2D eigenvalue weighted by Crippen LogP contribution is 2.40. The Morgan fingerprint density at radius 1 is 1.40 bits per heavy atom. The highest BCUT2D eigenvalue weighted by molar-refractivity contribution is 7.18. The first-order valence-corrected chi connectivity index (χ1v) is 7.67. The van der Waals surface area contributed by atoms with Crippen LogP contribution in [0.3, 0.4) is 0 Å². The Hall–Kier alpha value is -1.39. The van der Waals surface area contributed by atoms with E-state index in [1.807, 2.05) is 5.38 Å². The van der Waals surface area contributed by atoms with Crippen LogP contribution in [0.2, 0.25) is 5.02 Å². The zero-order valence-corrected chi connectivity index (χ0v) is 12.5. The Labute approximate surface area is 125 Å². The molecule has 104 valence electrons. The second-order valence-electron chi connectivity index (χ2n) is 4.94. The quantitative estimate of drug-likeness (QED) is 0.616. The van der Waals surface area contributed by atoms with Gasteiger partial charge >= 0.3 is 0 Å². The number of ketones is 2. The van der Waals surface area contributed by atoms with Crippen LogP contribution in [0.5, 0.6) is 5.75 Å². The standard InChI is InChI=1S/C15H13ClO3S/c1-19-13-7-20-15-9(4-5-10(16)14(13)15)12(18)6-11(17)8-2-3-8/h4-5,7-8H,2-3,6H2,1H3. The molecule has 3 nitrogen and oxygen atoms in total. The van der Waals surface area contributed by atoms with Crippen LogP contribution in [0.25, 0.3) is 10.1 Å². The fourth-order valence-corrected chi connectivity index (χ4v) is 3.64. The average Bonchev–Trinajstić information content (AvgIpc) is 3.19. The Bertz CT molecular complexity index is 700. The van der Waals surface area contributed by atoms with E-state index in [4.69, 9.17) is 16.3 Å². The molecule has 1 aliphatic rings. The Morgan fingerprint density at radius 3 is 2.80 bits per heavy atom. The van der Waals surface area contributed by atoms with Gasteiger partial charge in [-0.25, -0.2) is 0 Å². The van der Waals surface area contributed by atoms with Crippen LogP contribution >= 0.6 is 22.9 Å². The molecule has 0 unspecified atom stereocenters. The number of methoxy groups -OCH3 is 1. The fraction of sp³-hybridized carbons (Fsp3) is 0.333. The van der Waals surface area contributed by atoms with Gasteiger partial charge in [0.1, 0.15) is 11.5 Å². The van der Waals surface area contributed by atoms with Crippen molar-refractivity contribution in [2.24, 2.45) is 5.92 Å². The fourth-order valence-electron chi connectivity index (χ4n) is 2.25. The van der Waals surface area contributed by atoms with Gasteiger partial charge in [-0.2, -0.15) is 0 Å². The maximum absolute atomic E-state index is 12.3. The molecule has 0 spiro atoms. The van der Waals surface area contributed by atoms with Crippen molar-refractivity contribution >= 4 is 44.6 Å². The molecule has 1 aromatic carbocycles. The Morgan fingerprint density at radius 2 is 2.15 bits per heavy atom. The van der Waals surface area contributed by atoms with Gasteiger partial charge < -0.3 is 4.74 Å². The number of halogens is 1. The summed E-state index contributed by atoms with van der Waals surface area (Å²) in [5.74, 6) is 0.701. The summed E-state index contributed by atoms with van der Waals surface area (Å²) in [6.07, 6.45) is 1.84. The monoisotopic (exact) mass is 308 g/mol. The average molecular weight is 309 g/mol. The van der Waals surface area contributed by atoms with Gasteiger partial charge in [0.05, 0.1) is 28.6 Å². The molecule has 0 bridgehead atoms. The van der Waals surface area contributed by atoms with E-state index < -0.39 is 0 Å². The maximum Gasteiger partial charge on any atom is 0.171 e. The topological polar surface area (TPSA) is 43.4 Å². The van der Waals surface area contributed by atoms with Crippen LogP contribution in [-0.2, 0) is 4.79 Å². The molecule has 20 heavy (non-hydrogen) atoms. The number of rotatable bonds is 5. The molecular weight excluding hydrogens is 296 g/mol.